The molecule has 2 aromatic rings. The highest BCUT2D eigenvalue weighted by atomic mass is 19.1. The molecule has 16 heavy (non-hydrogen) atoms. The lowest BCUT2D eigenvalue weighted by Gasteiger charge is -2.04. The predicted octanol–water partition coefficient (Wildman–Crippen LogP) is 1.92. The van der Waals surface area contributed by atoms with Gasteiger partial charge in [0.15, 0.2) is 0 Å². The maximum absolute atomic E-state index is 13.3. The summed E-state index contributed by atoms with van der Waals surface area (Å²) < 4.78 is 14.8. The lowest BCUT2D eigenvalue weighted by atomic mass is 10.2. The molecule has 0 aliphatic heterocycles. The van der Waals surface area contributed by atoms with Gasteiger partial charge in [-0.05, 0) is 12.1 Å². The Kier molecular flexibility index (Phi) is 2.56. The molecule has 0 bridgehead atoms. The summed E-state index contributed by atoms with van der Waals surface area (Å²) in [4.78, 5) is 0. The summed E-state index contributed by atoms with van der Waals surface area (Å²) in [7, 11) is 1.74. The Hall–Kier alpha value is -2.35. The first kappa shape index (κ1) is 10.2. The molecule has 0 radical (unpaired) electrons. The van der Waals surface area contributed by atoms with Crippen LogP contribution in [0.15, 0.2) is 30.5 Å². The van der Waals surface area contributed by atoms with Crippen LogP contribution >= 0.6 is 0 Å². The Morgan fingerprint density at radius 1 is 1.44 bits per heavy atom. The monoisotopic (exact) mass is 216 g/mol. The number of benzene rings is 1. The van der Waals surface area contributed by atoms with Crippen LogP contribution in [0.3, 0.4) is 0 Å². The molecule has 1 heterocycles. The van der Waals surface area contributed by atoms with Gasteiger partial charge in [-0.1, -0.05) is 6.07 Å². The Labute approximate surface area is 91.9 Å². The van der Waals surface area contributed by atoms with Gasteiger partial charge in [0.1, 0.15) is 23.3 Å². The van der Waals surface area contributed by atoms with Crippen LogP contribution in [-0.4, -0.2) is 16.8 Å². The highest BCUT2D eigenvalue weighted by Gasteiger charge is 2.10. The zero-order chi connectivity index (χ0) is 11.5. The fourth-order valence-electron chi connectivity index (χ4n) is 1.41. The minimum absolute atomic E-state index is 0.00625. The molecular weight excluding hydrogens is 207 g/mol. The number of nitriles is 1. The van der Waals surface area contributed by atoms with Crippen LogP contribution in [0.2, 0.25) is 0 Å². The molecule has 1 N–H and O–H groups in total. The molecule has 80 valence electrons. The fraction of sp³-hybridized carbons (Fsp3) is 0.0909. The van der Waals surface area contributed by atoms with Crippen LogP contribution in [0.5, 0.6) is 0 Å². The Morgan fingerprint density at radius 2 is 2.25 bits per heavy atom. The molecule has 0 fully saturated rings. The van der Waals surface area contributed by atoms with Gasteiger partial charge in [-0.25, -0.2) is 9.07 Å². The molecule has 2 rings (SSSR count). The highest BCUT2D eigenvalue weighted by Crippen LogP contribution is 2.17. The second-order valence-corrected chi connectivity index (χ2v) is 3.14. The van der Waals surface area contributed by atoms with Crippen molar-refractivity contribution in [2.24, 2.45) is 0 Å². The van der Waals surface area contributed by atoms with Gasteiger partial charge < -0.3 is 5.32 Å². The topological polar surface area (TPSA) is 53.6 Å². The molecule has 0 unspecified atom stereocenters. The largest absolute Gasteiger partial charge is 0.372 e. The van der Waals surface area contributed by atoms with E-state index < -0.39 is 5.82 Å². The van der Waals surface area contributed by atoms with Gasteiger partial charge in [0.2, 0.25) is 0 Å². The average Bonchev–Trinajstić information content (AvgIpc) is 2.77. The van der Waals surface area contributed by atoms with E-state index in [9.17, 15) is 4.39 Å². The maximum atomic E-state index is 13.3. The number of hydrogen-bond acceptors (Lipinski definition) is 3. The van der Waals surface area contributed by atoms with Gasteiger partial charge in [0.25, 0.3) is 0 Å². The van der Waals surface area contributed by atoms with Crippen molar-refractivity contribution in [1.29, 1.82) is 5.26 Å². The van der Waals surface area contributed by atoms with Crippen LogP contribution < -0.4 is 5.32 Å². The van der Waals surface area contributed by atoms with Gasteiger partial charge >= 0.3 is 0 Å². The van der Waals surface area contributed by atoms with Crippen molar-refractivity contribution in [2.75, 3.05) is 12.4 Å². The standard InChI is InChI=1S/C11H9FN4/c1-14-11-5-6-16(15-11)10-4-2-3-9(12)8(10)7-13/h2-6H,1H3,(H,14,15). The van der Waals surface area contributed by atoms with Crippen molar-refractivity contribution in [3.05, 3.63) is 41.8 Å². The third-order valence-electron chi connectivity index (χ3n) is 2.20. The van der Waals surface area contributed by atoms with Gasteiger partial charge in [0, 0.05) is 19.3 Å². The van der Waals surface area contributed by atoms with Crippen molar-refractivity contribution in [3.8, 4) is 11.8 Å². The summed E-state index contributed by atoms with van der Waals surface area (Å²) >= 11 is 0. The zero-order valence-electron chi connectivity index (χ0n) is 8.61. The number of rotatable bonds is 2. The molecule has 1 aromatic heterocycles. The minimum Gasteiger partial charge on any atom is -0.372 e. The number of hydrogen-bond donors (Lipinski definition) is 1. The minimum atomic E-state index is -0.540. The first-order valence-corrected chi connectivity index (χ1v) is 4.68. The summed E-state index contributed by atoms with van der Waals surface area (Å²) in [6, 6.07) is 8.02. The fourth-order valence-corrected chi connectivity index (χ4v) is 1.41. The van der Waals surface area contributed by atoms with E-state index in [0.717, 1.165) is 0 Å². The summed E-state index contributed by atoms with van der Waals surface area (Å²) in [6.07, 6.45) is 1.67. The summed E-state index contributed by atoms with van der Waals surface area (Å²) in [5.74, 6) is 0.120. The SMILES string of the molecule is CNc1ccn(-c2cccc(F)c2C#N)n1. The molecule has 0 aliphatic rings. The molecule has 5 heteroatoms. The Bertz CT molecular complexity index is 553. The smallest absolute Gasteiger partial charge is 0.148 e. The predicted molar refractivity (Wildman–Crippen MR) is 57.8 cm³/mol. The number of nitrogens with one attached hydrogen (secondary N) is 1. The van der Waals surface area contributed by atoms with E-state index in [2.05, 4.69) is 10.4 Å². The van der Waals surface area contributed by atoms with E-state index in [1.807, 2.05) is 6.07 Å². The third kappa shape index (κ3) is 1.61. The van der Waals surface area contributed by atoms with E-state index in [4.69, 9.17) is 5.26 Å². The molecule has 0 amide bonds. The Morgan fingerprint density at radius 3 is 2.88 bits per heavy atom. The highest BCUT2D eigenvalue weighted by molar-refractivity contribution is 5.50. The van der Waals surface area contributed by atoms with Crippen molar-refractivity contribution >= 4 is 5.82 Å². The van der Waals surface area contributed by atoms with E-state index in [1.54, 1.807) is 31.4 Å². The molecule has 0 saturated heterocycles. The van der Waals surface area contributed by atoms with Crippen molar-refractivity contribution < 1.29 is 4.39 Å². The zero-order valence-corrected chi connectivity index (χ0v) is 8.61. The number of anilines is 1. The average molecular weight is 216 g/mol. The van der Waals surface area contributed by atoms with E-state index >= 15 is 0 Å². The maximum Gasteiger partial charge on any atom is 0.148 e. The van der Waals surface area contributed by atoms with Crippen molar-refractivity contribution in [2.45, 2.75) is 0 Å². The second kappa shape index (κ2) is 4.03. The van der Waals surface area contributed by atoms with E-state index in [0.29, 0.717) is 11.5 Å². The summed E-state index contributed by atoms with van der Waals surface area (Å²) in [5.41, 5.74) is 0.428. The van der Waals surface area contributed by atoms with Crippen LogP contribution in [-0.2, 0) is 0 Å². The van der Waals surface area contributed by atoms with Crippen LogP contribution in [0.4, 0.5) is 10.2 Å². The second-order valence-electron chi connectivity index (χ2n) is 3.14. The van der Waals surface area contributed by atoms with Crippen LogP contribution in [0.1, 0.15) is 5.56 Å². The van der Waals surface area contributed by atoms with E-state index in [1.165, 1.54) is 10.7 Å². The Balaban J connectivity index is 2.56. The lowest BCUT2D eigenvalue weighted by Crippen LogP contribution is -2.01. The molecular formula is C11H9FN4. The van der Waals surface area contributed by atoms with E-state index in [-0.39, 0.29) is 5.56 Å². The first-order chi connectivity index (χ1) is 7.76. The normalized spacial score (nSPS) is 9.81. The quantitative estimate of drug-likeness (QED) is 0.834. The number of halogens is 1. The van der Waals surface area contributed by atoms with Gasteiger partial charge in [0.05, 0.1) is 5.69 Å². The third-order valence-corrected chi connectivity index (χ3v) is 2.20. The summed E-state index contributed by atoms with van der Waals surface area (Å²) in [6.45, 7) is 0. The van der Waals surface area contributed by atoms with Gasteiger partial charge in [-0.3, -0.25) is 0 Å². The summed E-state index contributed by atoms with van der Waals surface area (Å²) in [5, 5.41) is 15.9. The number of nitrogens with zero attached hydrogens (tertiary/aromatic N) is 3. The van der Waals surface area contributed by atoms with Crippen molar-refractivity contribution in [3.63, 3.8) is 0 Å². The van der Waals surface area contributed by atoms with Gasteiger partial charge in [-0.2, -0.15) is 10.4 Å². The molecule has 0 spiro atoms. The lowest BCUT2D eigenvalue weighted by molar-refractivity contribution is 0.621. The van der Waals surface area contributed by atoms with Crippen molar-refractivity contribution in [1.82, 2.24) is 9.78 Å². The van der Waals surface area contributed by atoms with Crippen LogP contribution in [0, 0.1) is 17.1 Å². The molecule has 0 aliphatic carbocycles. The molecule has 1 aromatic carbocycles. The molecule has 0 atom stereocenters. The van der Waals surface area contributed by atoms with Gasteiger partial charge in [-0.15, -0.1) is 0 Å². The first-order valence-electron chi connectivity index (χ1n) is 4.68. The number of aromatic nitrogens is 2. The van der Waals surface area contributed by atoms with Crippen LogP contribution in [0.25, 0.3) is 5.69 Å². The molecule has 4 nitrogen and oxygen atoms in total. The molecule has 0 saturated carbocycles.